The van der Waals surface area contributed by atoms with Crippen LogP contribution in [0.3, 0.4) is 0 Å². The van der Waals surface area contributed by atoms with Gasteiger partial charge in [-0.25, -0.2) is 13.8 Å². The molecule has 4 nitrogen and oxygen atoms in total. The number of benzene rings is 1. The molecule has 0 amide bonds. The van der Waals surface area contributed by atoms with E-state index in [0.29, 0.717) is 24.6 Å². The standard InChI is InChI=1S/C17H22F2N4S/c1-4-20-17(21-8-7-16-22-10-11(2)24-16)23-12(3)14-6-5-13(18)9-15(14)19/h5-6,9-10,12H,4,7-8H2,1-3H3,(H2,20,21,23). The lowest BCUT2D eigenvalue weighted by Crippen LogP contribution is -2.39. The molecule has 0 radical (unpaired) electrons. The van der Waals surface area contributed by atoms with E-state index in [0.717, 1.165) is 17.5 Å². The minimum absolute atomic E-state index is 0.328. The number of guanidine groups is 1. The maximum Gasteiger partial charge on any atom is 0.191 e. The Bertz CT molecular complexity index is 700. The van der Waals surface area contributed by atoms with E-state index in [2.05, 4.69) is 20.6 Å². The van der Waals surface area contributed by atoms with E-state index >= 15 is 0 Å². The van der Waals surface area contributed by atoms with Gasteiger partial charge in [0.1, 0.15) is 11.6 Å². The Balaban J connectivity index is 1.99. The second-order valence-electron chi connectivity index (χ2n) is 5.41. The van der Waals surface area contributed by atoms with Gasteiger partial charge in [0.2, 0.25) is 0 Å². The highest BCUT2D eigenvalue weighted by Gasteiger charge is 2.13. The number of thiazole rings is 1. The van der Waals surface area contributed by atoms with E-state index in [1.165, 1.54) is 17.0 Å². The van der Waals surface area contributed by atoms with Gasteiger partial charge in [0.15, 0.2) is 5.96 Å². The van der Waals surface area contributed by atoms with Crippen molar-refractivity contribution in [2.75, 3.05) is 13.1 Å². The van der Waals surface area contributed by atoms with E-state index < -0.39 is 11.6 Å². The van der Waals surface area contributed by atoms with Gasteiger partial charge in [0, 0.05) is 42.2 Å². The molecule has 0 saturated carbocycles. The molecule has 2 N–H and O–H groups in total. The zero-order chi connectivity index (χ0) is 17.5. The smallest absolute Gasteiger partial charge is 0.191 e. The third-order valence-electron chi connectivity index (χ3n) is 3.39. The molecule has 24 heavy (non-hydrogen) atoms. The Morgan fingerprint density at radius 3 is 2.79 bits per heavy atom. The third-order valence-corrected chi connectivity index (χ3v) is 4.36. The summed E-state index contributed by atoms with van der Waals surface area (Å²) in [5.74, 6) is -0.547. The Labute approximate surface area is 145 Å². The molecule has 0 aliphatic rings. The van der Waals surface area contributed by atoms with Crippen molar-refractivity contribution in [3.63, 3.8) is 0 Å². The Morgan fingerprint density at radius 2 is 2.17 bits per heavy atom. The van der Waals surface area contributed by atoms with Crippen molar-refractivity contribution in [3.05, 3.63) is 51.5 Å². The zero-order valence-electron chi connectivity index (χ0n) is 14.1. The molecule has 1 unspecified atom stereocenters. The van der Waals surface area contributed by atoms with Gasteiger partial charge in [-0.2, -0.15) is 0 Å². The molecule has 0 fully saturated rings. The summed E-state index contributed by atoms with van der Waals surface area (Å²) < 4.78 is 26.9. The number of rotatable bonds is 6. The van der Waals surface area contributed by atoms with E-state index in [9.17, 15) is 8.78 Å². The summed E-state index contributed by atoms with van der Waals surface area (Å²) >= 11 is 1.66. The zero-order valence-corrected chi connectivity index (χ0v) is 14.9. The van der Waals surface area contributed by atoms with Crippen LogP contribution in [-0.4, -0.2) is 24.0 Å². The Morgan fingerprint density at radius 1 is 1.38 bits per heavy atom. The van der Waals surface area contributed by atoms with Crippen molar-refractivity contribution >= 4 is 17.3 Å². The topological polar surface area (TPSA) is 49.3 Å². The number of nitrogens with one attached hydrogen (secondary N) is 2. The fraction of sp³-hybridized carbons (Fsp3) is 0.412. The molecular weight excluding hydrogens is 330 g/mol. The molecular formula is C17H22F2N4S. The van der Waals surface area contributed by atoms with Crippen LogP contribution in [0.15, 0.2) is 29.4 Å². The first kappa shape index (κ1) is 18.3. The van der Waals surface area contributed by atoms with Crippen LogP contribution in [0.1, 0.15) is 35.3 Å². The summed E-state index contributed by atoms with van der Waals surface area (Å²) in [6.45, 7) is 7.08. The van der Waals surface area contributed by atoms with E-state index in [-0.39, 0.29) is 6.04 Å². The van der Waals surface area contributed by atoms with Crippen LogP contribution in [0.25, 0.3) is 0 Å². The molecule has 0 saturated heterocycles. The van der Waals surface area contributed by atoms with Gasteiger partial charge in [0.25, 0.3) is 0 Å². The second-order valence-corrected chi connectivity index (χ2v) is 6.73. The number of aliphatic imine (C=N–C) groups is 1. The average Bonchev–Trinajstić information content (AvgIpc) is 2.92. The van der Waals surface area contributed by atoms with Crippen molar-refractivity contribution < 1.29 is 8.78 Å². The van der Waals surface area contributed by atoms with Crippen LogP contribution in [0.4, 0.5) is 8.78 Å². The first-order valence-corrected chi connectivity index (χ1v) is 8.72. The Hall–Kier alpha value is -2.02. The van der Waals surface area contributed by atoms with Gasteiger partial charge in [0.05, 0.1) is 11.0 Å². The van der Waals surface area contributed by atoms with Crippen molar-refractivity contribution in [1.82, 2.24) is 15.6 Å². The molecule has 1 aromatic heterocycles. The van der Waals surface area contributed by atoms with E-state index in [1.807, 2.05) is 27.0 Å². The van der Waals surface area contributed by atoms with Crippen molar-refractivity contribution in [3.8, 4) is 0 Å². The van der Waals surface area contributed by atoms with E-state index in [1.54, 1.807) is 11.3 Å². The van der Waals surface area contributed by atoms with Gasteiger partial charge in [-0.1, -0.05) is 6.07 Å². The summed E-state index contributed by atoms with van der Waals surface area (Å²) in [6, 6.07) is 3.27. The first-order chi connectivity index (χ1) is 11.5. The maximum absolute atomic E-state index is 13.9. The molecule has 130 valence electrons. The predicted octanol–water partition coefficient (Wildman–Crippen LogP) is 3.59. The highest BCUT2D eigenvalue weighted by Crippen LogP contribution is 2.17. The summed E-state index contributed by atoms with van der Waals surface area (Å²) in [5, 5.41) is 7.32. The average molecular weight is 352 g/mol. The molecule has 1 heterocycles. The molecule has 0 aliphatic heterocycles. The lowest BCUT2D eigenvalue weighted by molar-refractivity contribution is 0.551. The monoisotopic (exact) mass is 352 g/mol. The van der Waals surface area contributed by atoms with Gasteiger partial charge >= 0.3 is 0 Å². The molecule has 2 aromatic rings. The molecule has 0 bridgehead atoms. The first-order valence-electron chi connectivity index (χ1n) is 7.90. The summed E-state index contributed by atoms with van der Waals surface area (Å²) in [7, 11) is 0. The van der Waals surface area contributed by atoms with Crippen LogP contribution < -0.4 is 10.6 Å². The van der Waals surface area contributed by atoms with Crippen LogP contribution in [0.2, 0.25) is 0 Å². The van der Waals surface area contributed by atoms with Crippen molar-refractivity contribution in [2.24, 2.45) is 4.99 Å². The lowest BCUT2D eigenvalue weighted by Gasteiger charge is -2.18. The highest BCUT2D eigenvalue weighted by atomic mass is 32.1. The molecule has 0 aliphatic carbocycles. The van der Waals surface area contributed by atoms with Gasteiger partial charge in [-0.3, -0.25) is 4.99 Å². The summed E-state index contributed by atoms with van der Waals surface area (Å²) in [6.07, 6.45) is 2.61. The normalized spacial score (nSPS) is 13.0. The lowest BCUT2D eigenvalue weighted by atomic mass is 10.1. The summed E-state index contributed by atoms with van der Waals surface area (Å²) in [4.78, 5) is 9.99. The number of halogens is 2. The Kier molecular flexibility index (Phi) is 6.66. The molecule has 2 rings (SSSR count). The van der Waals surface area contributed by atoms with Crippen molar-refractivity contribution in [2.45, 2.75) is 33.2 Å². The SMILES string of the molecule is CCNC(=NCCc1ncc(C)s1)NC(C)c1ccc(F)cc1F. The minimum atomic E-state index is -0.581. The number of aromatic nitrogens is 1. The van der Waals surface area contributed by atoms with Gasteiger partial charge in [-0.05, 0) is 26.8 Å². The maximum atomic E-state index is 13.9. The number of aryl methyl sites for hydroxylation is 1. The van der Waals surface area contributed by atoms with Crippen molar-refractivity contribution in [1.29, 1.82) is 0 Å². The van der Waals surface area contributed by atoms with E-state index in [4.69, 9.17) is 0 Å². The predicted molar refractivity (Wildman–Crippen MR) is 94.4 cm³/mol. The minimum Gasteiger partial charge on any atom is -0.357 e. The van der Waals surface area contributed by atoms with Crippen LogP contribution in [0.5, 0.6) is 0 Å². The highest BCUT2D eigenvalue weighted by molar-refractivity contribution is 7.11. The number of nitrogens with zero attached hydrogens (tertiary/aromatic N) is 2. The molecule has 1 aromatic carbocycles. The van der Waals surface area contributed by atoms with Crippen LogP contribution >= 0.6 is 11.3 Å². The molecule has 1 atom stereocenters. The van der Waals surface area contributed by atoms with Crippen LogP contribution in [0, 0.1) is 18.6 Å². The molecule has 0 spiro atoms. The quantitative estimate of drug-likeness (QED) is 0.617. The third kappa shape index (κ3) is 5.26. The largest absolute Gasteiger partial charge is 0.357 e. The summed E-state index contributed by atoms with van der Waals surface area (Å²) in [5.41, 5.74) is 0.401. The van der Waals surface area contributed by atoms with Gasteiger partial charge in [-0.15, -0.1) is 11.3 Å². The number of hydrogen-bond acceptors (Lipinski definition) is 3. The molecule has 7 heteroatoms. The van der Waals surface area contributed by atoms with Crippen LogP contribution in [-0.2, 0) is 6.42 Å². The van der Waals surface area contributed by atoms with Gasteiger partial charge < -0.3 is 10.6 Å². The second kappa shape index (κ2) is 8.73. The fourth-order valence-electron chi connectivity index (χ4n) is 2.24. The number of hydrogen-bond donors (Lipinski definition) is 2. The fourth-order valence-corrected chi connectivity index (χ4v) is 3.01.